The Kier molecular flexibility index (Phi) is 5.71. The Morgan fingerprint density at radius 3 is 2.50 bits per heavy atom. The molecule has 0 saturated carbocycles. The third-order valence-electron chi connectivity index (χ3n) is 4.77. The van der Waals surface area contributed by atoms with Crippen LogP contribution in [0.15, 0.2) is 54.1 Å². The Balaban J connectivity index is 1.82. The van der Waals surface area contributed by atoms with Crippen LogP contribution in [0.25, 0.3) is 22.4 Å². The van der Waals surface area contributed by atoms with Gasteiger partial charge >= 0.3 is 0 Å². The second-order valence-corrected chi connectivity index (χ2v) is 6.92. The zero-order valence-corrected chi connectivity index (χ0v) is 17.8. The number of hydrogen-bond acceptors (Lipinski definition) is 9. The van der Waals surface area contributed by atoms with Gasteiger partial charge in [-0.3, -0.25) is 9.67 Å². The Morgan fingerprint density at radius 2 is 1.88 bits per heavy atom. The van der Waals surface area contributed by atoms with Crippen LogP contribution in [-0.4, -0.2) is 56.5 Å². The van der Waals surface area contributed by atoms with E-state index < -0.39 is 0 Å². The summed E-state index contributed by atoms with van der Waals surface area (Å²) in [6.07, 6.45) is 5.25. The van der Waals surface area contributed by atoms with Gasteiger partial charge in [0.2, 0.25) is 0 Å². The molecule has 32 heavy (non-hydrogen) atoms. The molecule has 1 aromatic carbocycles. The quantitative estimate of drug-likeness (QED) is 0.194. The largest absolute Gasteiger partial charge is 0.497 e. The monoisotopic (exact) mass is 434 g/mol. The third-order valence-corrected chi connectivity index (χ3v) is 4.77. The second kappa shape index (κ2) is 8.76. The molecular formula is C21H22N8O3. The van der Waals surface area contributed by atoms with Crippen LogP contribution in [0.4, 0.5) is 11.5 Å². The molecule has 0 atom stereocenters. The number of rotatable bonds is 7. The highest BCUT2D eigenvalue weighted by atomic mass is 16.5. The Hall–Kier alpha value is -4.41. The van der Waals surface area contributed by atoms with E-state index >= 15 is 0 Å². The fraction of sp³-hybridized carbons (Fsp3) is 0.190. The number of aromatic nitrogens is 5. The van der Waals surface area contributed by atoms with Crippen LogP contribution < -0.4 is 20.1 Å². The topological polar surface area (TPSA) is 137 Å². The molecule has 0 aliphatic rings. The summed E-state index contributed by atoms with van der Waals surface area (Å²) < 4.78 is 12.5. The Morgan fingerprint density at radius 1 is 1.12 bits per heavy atom. The van der Waals surface area contributed by atoms with Gasteiger partial charge in [0.05, 0.1) is 44.5 Å². The minimum atomic E-state index is 0.00359. The van der Waals surface area contributed by atoms with Crippen molar-refractivity contribution in [1.29, 1.82) is 0 Å². The van der Waals surface area contributed by atoms with Crippen molar-refractivity contribution in [2.45, 2.75) is 0 Å². The summed E-state index contributed by atoms with van der Waals surface area (Å²) in [6.45, 7) is 0.0705. The molecule has 0 aliphatic heterocycles. The van der Waals surface area contributed by atoms with Crippen molar-refractivity contribution in [2.75, 3.05) is 25.7 Å². The predicted molar refractivity (Wildman–Crippen MR) is 119 cm³/mol. The molecule has 3 aromatic heterocycles. The number of amidine groups is 1. The fourth-order valence-electron chi connectivity index (χ4n) is 3.18. The van der Waals surface area contributed by atoms with Crippen LogP contribution in [0.2, 0.25) is 0 Å². The summed E-state index contributed by atoms with van der Waals surface area (Å²) >= 11 is 0. The van der Waals surface area contributed by atoms with Crippen molar-refractivity contribution < 1.29 is 14.7 Å². The van der Waals surface area contributed by atoms with Gasteiger partial charge in [0.25, 0.3) is 0 Å². The Labute approximate surface area is 183 Å². The van der Waals surface area contributed by atoms with Crippen LogP contribution in [0.3, 0.4) is 0 Å². The highest BCUT2D eigenvalue weighted by Gasteiger charge is 2.17. The van der Waals surface area contributed by atoms with Crippen LogP contribution in [0.5, 0.6) is 11.5 Å². The average Bonchev–Trinajstić information content (AvgIpc) is 3.27. The maximum Gasteiger partial charge on any atom is 0.180 e. The third kappa shape index (κ3) is 4.21. The van der Waals surface area contributed by atoms with Gasteiger partial charge in [0, 0.05) is 37.0 Å². The summed E-state index contributed by atoms with van der Waals surface area (Å²) in [5.74, 6) is 1.70. The molecule has 3 N–H and O–H groups in total. The minimum absolute atomic E-state index is 0.00359. The zero-order chi connectivity index (χ0) is 22.7. The number of nitrogens with zero attached hydrogens (tertiary/aromatic N) is 7. The van der Waals surface area contributed by atoms with Gasteiger partial charge in [-0.15, -0.1) is 0 Å². The number of methoxy groups -OCH3 is 2. The molecule has 11 nitrogen and oxygen atoms in total. The van der Waals surface area contributed by atoms with Crippen molar-refractivity contribution >= 4 is 28.5 Å². The molecule has 11 heteroatoms. The standard InChI is InChI=1S/C21H22N8O3/c1-28-11-13(9-24-28)18-10-23-17-4-5-20(26-21(17)25-18)29(12-19(22)27-30)14-6-15(31-2)8-16(7-14)32-3/h4-11,30H,12H2,1-3H3,(H2,22,27). The molecule has 0 spiro atoms. The first-order valence-electron chi connectivity index (χ1n) is 9.60. The molecule has 0 saturated heterocycles. The van der Waals surface area contributed by atoms with Gasteiger partial charge in [0.15, 0.2) is 11.5 Å². The van der Waals surface area contributed by atoms with E-state index in [4.69, 9.17) is 25.4 Å². The van der Waals surface area contributed by atoms with Crippen molar-refractivity contribution in [1.82, 2.24) is 24.7 Å². The zero-order valence-electron chi connectivity index (χ0n) is 17.8. The lowest BCUT2D eigenvalue weighted by atomic mass is 10.2. The number of ether oxygens (including phenoxy) is 2. The molecule has 164 valence electrons. The lowest BCUT2D eigenvalue weighted by Crippen LogP contribution is -2.31. The molecule has 0 unspecified atom stereocenters. The summed E-state index contributed by atoms with van der Waals surface area (Å²) in [4.78, 5) is 15.6. The van der Waals surface area contributed by atoms with Crippen LogP contribution in [0.1, 0.15) is 0 Å². The summed E-state index contributed by atoms with van der Waals surface area (Å²) in [5.41, 5.74) is 9.08. The van der Waals surface area contributed by atoms with E-state index in [-0.39, 0.29) is 12.4 Å². The van der Waals surface area contributed by atoms with Crippen LogP contribution in [0, 0.1) is 0 Å². The van der Waals surface area contributed by atoms with Crippen LogP contribution >= 0.6 is 0 Å². The van der Waals surface area contributed by atoms with Crippen LogP contribution in [-0.2, 0) is 7.05 Å². The maximum atomic E-state index is 9.15. The number of fused-ring (bicyclic) bond motifs is 1. The number of pyridine rings is 1. The van der Waals surface area contributed by atoms with E-state index in [9.17, 15) is 0 Å². The minimum Gasteiger partial charge on any atom is -0.497 e. The molecule has 0 fully saturated rings. The van der Waals surface area contributed by atoms with Gasteiger partial charge in [-0.2, -0.15) is 5.10 Å². The van der Waals surface area contributed by atoms with Gasteiger partial charge in [-0.05, 0) is 12.1 Å². The molecule has 0 bridgehead atoms. The average molecular weight is 434 g/mol. The smallest absolute Gasteiger partial charge is 0.180 e. The maximum absolute atomic E-state index is 9.15. The van der Waals surface area contributed by atoms with Crippen molar-refractivity contribution in [3.8, 4) is 22.8 Å². The number of hydrogen-bond donors (Lipinski definition) is 2. The van der Waals surface area contributed by atoms with E-state index in [1.54, 1.807) is 60.5 Å². The van der Waals surface area contributed by atoms with E-state index in [2.05, 4.69) is 20.2 Å². The number of benzene rings is 1. The first-order valence-corrected chi connectivity index (χ1v) is 9.60. The summed E-state index contributed by atoms with van der Waals surface area (Å²) in [6, 6.07) is 8.96. The van der Waals surface area contributed by atoms with E-state index in [0.29, 0.717) is 39.9 Å². The molecule has 0 aliphatic carbocycles. The summed E-state index contributed by atoms with van der Waals surface area (Å²) in [5, 5.41) is 16.4. The first-order chi connectivity index (χ1) is 15.5. The van der Waals surface area contributed by atoms with E-state index in [1.807, 2.05) is 19.3 Å². The SMILES string of the molecule is COc1cc(OC)cc(N(C/C(N)=N/O)c2ccc3ncc(-c4cnn(C)c4)nc3n2)c1. The number of anilines is 2. The molecule has 0 radical (unpaired) electrons. The van der Waals surface area contributed by atoms with E-state index in [1.165, 1.54) is 0 Å². The van der Waals surface area contributed by atoms with Gasteiger partial charge in [0.1, 0.15) is 22.8 Å². The fourth-order valence-corrected chi connectivity index (χ4v) is 3.18. The number of nitrogens with two attached hydrogens (primary N) is 1. The molecule has 0 amide bonds. The van der Waals surface area contributed by atoms with Crippen molar-refractivity contribution in [3.63, 3.8) is 0 Å². The van der Waals surface area contributed by atoms with Gasteiger partial charge < -0.3 is 25.3 Å². The summed E-state index contributed by atoms with van der Waals surface area (Å²) in [7, 11) is 4.97. The second-order valence-electron chi connectivity index (χ2n) is 6.92. The van der Waals surface area contributed by atoms with Gasteiger partial charge in [-0.1, -0.05) is 5.16 Å². The van der Waals surface area contributed by atoms with Crippen molar-refractivity contribution in [3.05, 3.63) is 48.9 Å². The van der Waals surface area contributed by atoms with Crippen molar-refractivity contribution in [2.24, 2.45) is 17.9 Å². The predicted octanol–water partition coefficient (Wildman–Crippen LogP) is 2.33. The molecule has 4 aromatic rings. The lowest BCUT2D eigenvalue weighted by Gasteiger charge is -2.24. The molecular weight excluding hydrogens is 412 g/mol. The normalized spacial score (nSPS) is 11.5. The first kappa shape index (κ1) is 20.8. The van der Waals surface area contributed by atoms with E-state index in [0.717, 1.165) is 5.56 Å². The highest BCUT2D eigenvalue weighted by molar-refractivity contribution is 5.87. The molecule has 4 rings (SSSR count). The van der Waals surface area contributed by atoms with Gasteiger partial charge in [-0.25, -0.2) is 9.97 Å². The molecule has 3 heterocycles. The number of aryl methyl sites for hydroxylation is 1. The highest BCUT2D eigenvalue weighted by Crippen LogP contribution is 2.32. The number of oxime groups is 1. The Bertz CT molecular complexity index is 1270. The lowest BCUT2D eigenvalue weighted by molar-refractivity contribution is 0.317.